The van der Waals surface area contributed by atoms with Crippen molar-refractivity contribution in [2.75, 3.05) is 0 Å². The van der Waals surface area contributed by atoms with E-state index in [0.717, 1.165) is 5.56 Å². The topological polar surface area (TPSA) is 38.9 Å². The number of hydrogen-bond donors (Lipinski definition) is 0. The summed E-state index contributed by atoms with van der Waals surface area (Å²) in [6.07, 6.45) is 0. The molecule has 0 radical (unpaired) electrons. The fraction of sp³-hybridized carbons (Fsp3) is 0.111. The summed E-state index contributed by atoms with van der Waals surface area (Å²) in [6.45, 7) is 2.02. The Morgan fingerprint density at radius 3 is 2.29 bits per heavy atom. The molecule has 0 N–H and O–H groups in total. The van der Waals surface area contributed by atoms with E-state index in [9.17, 15) is 0 Å². The second-order valence-corrected chi connectivity index (χ2v) is 3.09. The molecule has 0 amide bonds. The van der Waals surface area contributed by atoms with Gasteiger partial charge in [-0.3, -0.25) is 0 Å². The van der Waals surface area contributed by atoms with Crippen molar-refractivity contribution in [2.24, 2.45) is 0 Å². The van der Waals surface area contributed by atoms with Crippen LogP contribution in [0.15, 0.2) is 33.9 Å². The Labute approximate surface area is 130 Å². The van der Waals surface area contributed by atoms with Gasteiger partial charge in [0.15, 0.2) is 0 Å². The predicted molar refractivity (Wildman–Crippen MR) is 50.1 cm³/mol. The Hall–Kier alpha value is 0.216. The Morgan fingerprint density at radius 2 is 1.79 bits per heavy atom. The number of aryl methyl sites for hydroxylation is 1. The standard InChI is InChI=1S/C9H8N2OS.K/c1-6-2-4-7(5-3-6)8-10-11-9(13)12-8;/h2-5H,1H3,(H,11,13);/q;+1/p-1. The van der Waals surface area contributed by atoms with Crippen LogP contribution >= 0.6 is 0 Å². The monoisotopic (exact) mass is 230 g/mol. The molecule has 1 aromatic heterocycles. The molecule has 0 aliphatic rings. The molecule has 1 aromatic carbocycles. The third-order valence-electron chi connectivity index (χ3n) is 1.70. The van der Waals surface area contributed by atoms with Crippen molar-refractivity contribution in [1.82, 2.24) is 10.2 Å². The third kappa shape index (κ3) is 2.85. The molecule has 0 aliphatic heterocycles. The van der Waals surface area contributed by atoms with Gasteiger partial charge in [0.25, 0.3) is 0 Å². The smallest absolute Gasteiger partial charge is 0.719 e. The maximum atomic E-state index is 5.10. The maximum absolute atomic E-state index is 5.10. The molecule has 14 heavy (non-hydrogen) atoms. The zero-order valence-electron chi connectivity index (χ0n) is 8.02. The van der Waals surface area contributed by atoms with Gasteiger partial charge >= 0.3 is 51.4 Å². The molecular weight excluding hydrogens is 223 g/mol. The van der Waals surface area contributed by atoms with Gasteiger partial charge in [-0.1, -0.05) is 17.7 Å². The molecule has 66 valence electrons. The van der Waals surface area contributed by atoms with E-state index < -0.39 is 0 Å². The largest absolute Gasteiger partial charge is 1.00 e. The first-order valence-electron chi connectivity index (χ1n) is 3.83. The van der Waals surface area contributed by atoms with Gasteiger partial charge in [-0.25, -0.2) is 0 Å². The zero-order chi connectivity index (χ0) is 9.26. The van der Waals surface area contributed by atoms with Gasteiger partial charge in [-0.05, 0) is 19.1 Å². The van der Waals surface area contributed by atoms with Crippen LogP contribution in [-0.4, -0.2) is 10.2 Å². The second kappa shape index (κ2) is 5.34. The van der Waals surface area contributed by atoms with Crippen molar-refractivity contribution >= 4 is 12.6 Å². The summed E-state index contributed by atoms with van der Waals surface area (Å²) in [4.78, 5) is 0. The number of hydrogen-bond acceptors (Lipinski definition) is 4. The zero-order valence-corrected chi connectivity index (χ0v) is 12.0. The molecule has 5 heteroatoms. The average molecular weight is 230 g/mol. The molecule has 2 rings (SSSR count). The molecule has 0 atom stereocenters. The van der Waals surface area contributed by atoms with Crippen LogP contribution in [0.4, 0.5) is 0 Å². The molecule has 0 unspecified atom stereocenters. The van der Waals surface area contributed by atoms with E-state index in [1.165, 1.54) is 5.56 Å². The fourth-order valence-corrected chi connectivity index (χ4v) is 1.14. The number of rotatable bonds is 1. The Balaban J connectivity index is 0.000000980. The van der Waals surface area contributed by atoms with Crippen molar-refractivity contribution in [3.05, 3.63) is 29.8 Å². The van der Waals surface area contributed by atoms with Gasteiger partial charge in [-0.15, -0.1) is 10.2 Å². The van der Waals surface area contributed by atoms with Crippen molar-refractivity contribution < 1.29 is 55.8 Å². The van der Waals surface area contributed by atoms with Crippen LogP contribution in [0.2, 0.25) is 0 Å². The van der Waals surface area contributed by atoms with Gasteiger partial charge in [0.1, 0.15) is 0 Å². The molecule has 0 aliphatic carbocycles. The molecule has 0 saturated heterocycles. The van der Waals surface area contributed by atoms with Crippen LogP contribution in [0.5, 0.6) is 0 Å². The van der Waals surface area contributed by atoms with E-state index in [4.69, 9.17) is 17.0 Å². The summed E-state index contributed by atoms with van der Waals surface area (Å²) < 4.78 is 5.10. The summed E-state index contributed by atoms with van der Waals surface area (Å²) in [5, 5.41) is 7.58. The van der Waals surface area contributed by atoms with Crippen LogP contribution < -0.4 is 51.4 Å². The minimum atomic E-state index is 0. The van der Waals surface area contributed by atoms with Crippen LogP contribution in [0, 0.1) is 6.92 Å². The summed E-state index contributed by atoms with van der Waals surface area (Å²) in [5.74, 6) is 0.477. The Morgan fingerprint density at radius 1 is 1.14 bits per heavy atom. The number of aromatic nitrogens is 2. The van der Waals surface area contributed by atoms with E-state index in [1.807, 2.05) is 31.2 Å². The summed E-state index contributed by atoms with van der Waals surface area (Å²) in [5.41, 5.74) is 2.09. The number of benzene rings is 1. The van der Waals surface area contributed by atoms with Crippen LogP contribution in [0.25, 0.3) is 11.5 Å². The van der Waals surface area contributed by atoms with Gasteiger partial charge in [-0.2, -0.15) is 0 Å². The summed E-state index contributed by atoms with van der Waals surface area (Å²) in [7, 11) is 0. The molecule has 0 spiro atoms. The Bertz CT molecular complexity index is 413. The molecular formula is C9H7KN2OS. The van der Waals surface area contributed by atoms with Gasteiger partial charge in [0, 0.05) is 5.56 Å². The third-order valence-corrected chi connectivity index (χ3v) is 1.87. The van der Waals surface area contributed by atoms with Crippen LogP contribution in [-0.2, 0) is 12.6 Å². The fourth-order valence-electron chi connectivity index (χ4n) is 1.02. The van der Waals surface area contributed by atoms with E-state index in [-0.39, 0.29) is 56.6 Å². The maximum Gasteiger partial charge on any atom is 1.00 e. The summed E-state index contributed by atoms with van der Waals surface area (Å²) in [6, 6.07) is 7.83. The molecule has 1 heterocycles. The Kier molecular flexibility index (Phi) is 4.69. The van der Waals surface area contributed by atoms with Crippen molar-refractivity contribution in [3.8, 4) is 11.5 Å². The average Bonchev–Trinajstić information content (AvgIpc) is 2.53. The molecule has 0 bridgehead atoms. The first-order chi connectivity index (χ1) is 6.25. The predicted octanol–water partition coefficient (Wildman–Crippen LogP) is -1.05. The van der Waals surface area contributed by atoms with E-state index in [1.54, 1.807) is 0 Å². The van der Waals surface area contributed by atoms with Crippen LogP contribution in [0.1, 0.15) is 5.56 Å². The van der Waals surface area contributed by atoms with E-state index in [2.05, 4.69) is 10.2 Å². The second-order valence-electron chi connectivity index (χ2n) is 2.74. The van der Waals surface area contributed by atoms with Gasteiger partial charge in [0.05, 0.1) is 5.22 Å². The first kappa shape index (κ1) is 12.3. The van der Waals surface area contributed by atoms with E-state index in [0.29, 0.717) is 5.89 Å². The van der Waals surface area contributed by atoms with Crippen LogP contribution in [0.3, 0.4) is 0 Å². The molecule has 2 aromatic rings. The number of nitrogens with zero attached hydrogens (tertiary/aromatic N) is 2. The van der Waals surface area contributed by atoms with Crippen molar-refractivity contribution in [3.63, 3.8) is 0 Å². The normalized spacial score (nSPS) is 9.50. The van der Waals surface area contributed by atoms with Crippen molar-refractivity contribution in [1.29, 1.82) is 0 Å². The van der Waals surface area contributed by atoms with Crippen molar-refractivity contribution in [2.45, 2.75) is 12.1 Å². The minimum absolute atomic E-state index is 0. The SMILES string of the molecule is Cc1ccc(-c2nnc([S-])o2)cc1.[K+]. The first-order valence-corrected chi connectivity index (χ1v) is 4.24. The molecule has 3 nitrogen and oxygen atoms in total. The minimum Gasteiger partial charge on any atom is -0.719 e. The van der Waals surface area contributed by atoms with Gasteiger partial charge < -0.3 is 17.0 Å². The van der Waals surface area contributed by atoms with E-state index >= 15 is 0 Å². The summed E-state index contributed by atoms with van der Waals surface area (Å²) >= 11 is 4.72. The quantitative estimate of drug-likeness (QED) is 0.463. The molecule has 0 saturated carbocycles. The van der Waals surface area contributed by atoms with Gasteiger partial charge in [0.2, 0.25) is 5.89 Å². The molecule has 0 fully saturated rings.